The highest BCUT2D eigenvalue weighted by Gasteiger charge is 2.32. The van der Waals surface area contributed by atoms with Gasteiger partial charge in [0.2, 0.25) is 0 Å². The lowest BCUT2D eigenvalue weighted by atomic mass is 9.85. The molecule has 45 heavy (non-hydrogen) atoms. The van der Waals surface area contributed by atoms with Gasteiger partial charge in [-0.3, -0.25) is 4.79 Å². The number of aromatic amines is 1. The van der Waals surface area contributed by atoms with Crippen molar-refractivity contribution in [1.29, 1.82) is 0 Å². The zero-order valence-electron chi connectivity index (χ0n) is 24.3. The maximum Gasteiger partial charge on any atom is 0.344 e. The smallest absolute Gasteiger partial charge is 0.344 e. The summed E-state index contributed by atoms with van der Waals surface area (Å²) in [7, 11) is 2.96. The number of hydrogen-bond donors (Lipinski definition) is 3. The predicted molar refractivity (Wildman–Crippen MR) is 165 cm³/mol. The van der Waals surface area contributed by atoms with Crippen LogP contribution in [0.3, 0.4) is 0 Å². The van der Waals surface area contributed by atoms with E-state index in [0.717, 1.165) is 23.6 Å². The van der Waals surface area contributed by atoms with Crippen molar-refractivity contribution < 1.29 is 32.6 Å². The van der Waals surface area contributed by atoms with Gasteiger partial charge in [-0.25, -0.2) is 13.6 Å². The fourth-order valence-corrected chi connectivity index (χ4v) is 5.71. The zero-order chi connectivity index (χ0) is 31.7. The average Bonchev–Trinajstić information content (AvgIpc) is 3.41. The number of aromatic nitrogens is 1. The Balaban J connectivity index is 1.47. The van der Waals surface area contributed by atoms with Gasteiger partial charge in [0.05, 0.1) is 36.7 Å². The molecule has 2 heterocycles. The predicted octanol–water partition coefficient (Wildman–Crippen LogP) is 6.43. The number of para-hydroxylation sites is 2. The molecule has 0 aliphatic carbocycles. The summed E-state index contributed by atoms with van der Waals surface area (Å²) in [6.45, 7) is 0.138. The minimum atomic E-state index is -1.29. The van der Waals surface area contributed by atoms with Gasteiger partial charge < -0.3 is 29.3 Å². The molecule has 0 bridgehead atoms. The summed E-state index contributed by atoms with van der Waals surface area (Å²) in [6.07, 6.45) is 0.233. The fraction of sp³-hybridized carbons (Fsp3) is 0.143. The van der Waals surface area contributed by atoms with Gasteiger partial charge >= 0.3 is 5.63 Å². The first-order chi connectivity index (χ1) is 21.8. The molecule has 0 aliphatic rings. The zero-order valence-corrected chi connectivity index (χ0v) is 24.3. The number of carbonyl (C=O) groups excluding carboxylic acids is 1. The Morgan fingerprint density at radius 1 is 0.956 bits per heavy atom. The minimum Gasteiger partial charge on any atom is -0.507 e. The highest BCUT2D eigenvalue weighted by molar-refractivity contribution is 5.97. The van der Waals surface area contributed by atoms with Crippen LogP contribution in [0.25, 0.3) is 21.9 Å². The van der Waals surface area contributed by atoms with Gasteiger partial charge in [-0.1, -0.05) is 30.3 Å². The lowest BCUT2D eigenvalue weighted by molar-refractivity contribution is 0.0951. The second kappa shape index (κ2) is 12.2. The molecule has 8 nitrogen and oxygen atoms in total. The number of halogens is 2. The van der Waals surface area contributed by atoms with Gasteiger partial charge in [0.1, 0.15) is 34.5 Å². The third kappa shape index (κ3) is 5.46. The number of hydrogen-bond acceptors (Lipinski definition) is 6. The molecular weight excluding hydrogens is 582 g/mol. The van der Waals surface area contributed by atoms with Crippen LogP contribution in [-0.2, 0) is 6.42 Å². The van der Waals surface area contributed by atoms with Gasteiger partial charge in [-0.2, -0.15) is 0 Å². The number of rotatable bonds is 9. The van der Waals surface area contributed by atoms with Crippen LogP contribution in [0.15, 0.2) is 94.1 Å². The highest BCUT2D eigenvalue weighted by atomic mass is 19.1. The van der Waals surface area contributed by atoms with Crippen LogP contribution in [0.5, 0.6) is 17.2 Å². The van der Waals surface area contributed by atoms with Crippen molar-refractivity contribution in [3.8, 4) is 17.2 Å². The topological polar surface area (TPSA) is 114 Å². The number of amides is 1. The standard InChI is InChI=1S/C35H28F2N2O6/c1-43-20-12-13-24(29(18-20)44-2)34(41)38-16-15-22-21-7-3-5-9-27(21)39-32(22)30(25-17-19(36)11-14-26(25)37)31-33(40)23-8-4-6-10-28(23)45-35(31)42/h3-14,17-18,30,39-40H,15-16H2,1-2H3,(H,38,41). The Morgan fingerprint density at radius 3 is 2.49 bits per heavy atom. The number of aromatic hydroxyl groups is 1. The van der Waals surface area contributed by atoms with Gasteiger partial charge in [0.25, 0.3) is 5.91 Å². The van der Waals surface area contributed by atoms with Crippen LogP contribution in [0.2, 0.25) is 0 Å². The molecule has 6 rings (SSSR count). The molecular formula is C35H28F2N2O6. The molecule has 10 heteroatoms. The van der Waals surface area contributed by atoms with E-state index in [4.69, 9.17) is 13.9 Å². The molecule has 2 aromatic heterocycles. The quantitative estimate of drug-likeness (QED) is 0.163. The summed E-state index contributed by atoms with van der Waals surface area (Å²) in [5, 5.41) is 15.3. The number of H-pyrrole nitrogens is 1. The third-order valence-corrected chi connectivity index (χ3v) is 7.83. The highest BCUT2D eigenvalue weighted by Crippen LogP contribution is 2.42. The van der Waals surface area contributed by atoms with E-state index < -0.39 is 34.8 Å². The monoisotopic (exact) mass is 610 g/mol. The van der Waals surface area contributed by atoms with E-state index in [1.54, 1.807) is 36.4 Å². The van der Waals surface area contributed by atoms with Gasteiger partial charge in [0, 0.05) is 34.8 Å². The van der Waals surface area contributed by atoms with Crippen molar-refractivity contribution in [2.75, 3.05) is 20.8 Å². The van der Waals surface area contributed by atoms with E-state index in [-0.39, 0.29) is 35.1 Å². The van der Waals surface area contributed by atoms with Crippen LogP contribution in [0.1, 0.15) is 38.7 Å². The molecule has 0 saturated carbocycles. The summed E-state index contributed by atoms with van der Waals surface area (Å²) < 4.78 is 46.3. The minimum absolute atomic E-state index is 0.138. The Labute approximate surface area is 255 Å². The summed E-state index contributed by atoms with van der Waals surface area (Å²) in [4.78, 5) is 29.9. The van der Waals surface area contributed by atoms with E-state index in [1.807, 2.05) is 24.3 Å². The molecule has 0 spiro atoms. The molecule has 4 aromatic carbocycles. The lowest BCUT2D eigenvalue weighted by Crippen LogP contribution is -2.26. The fourth-order valence-electron chi connectivity index (χ4n) is 5.71. The van der Waals surface area contributed by atoms with Crippen molar-refractivity contribution in [2.45, 2.75) is 12.3 Å². The normalized spacial score (nSPS) is 11.9. The number of nitrogens with one attached hydrogen (secondary N) is 2. The first kappa shape index (κ1) is 29.4. The molecule has 0 fully saturated rings. The molecule has 6 aromatic rings. The molecule has 1 amide bonds. The van der Waals surface area contributed by atoms with Crippen LogP contribution in [0.4, 0.5) is 8.78 Å². The molecule has 228 valence electrons. The molecule has 0 saturated heterocycles. The van der Waals surface area contributed by atoms with Gasteiger partial charge in [0.15, 0.2) is 0 Å². The van der Waals surface area contributed by atoms with Crippen molar-refractivity contribution in [1.82, 2.24) is 10.3 Å². The summed E-state index contributed by atoms with van der Waals surface area (Å²) >= 11 is 0. The Bertz CT molecular complexity index is 2120. The van der Waals surface area contributed by atoms with E-state index in [2.05, 4.69) is 10.3 Å². The van der Waals surface area contributed by atoms with Gasteiger partial charge in [-0.15, -0.1) is 0 Å². The molecule has 0 aliphatic heterocycles. The van der Waals surface area contributed by atoms with Crippen LogP contribution >= 0.6 is 0 Å². The maximum atomic E-state index is 15.6. The van der Waals surface area contributed by atoms with Crippen LogP contribution < -0.4 is 20.4 Å². The van der Waals surface area contributed by atoms with Crippen molar-refractivity contribution in [3.63, 3.8) is 0 Å². The summed E-state index contributed by atoms with van der Waals surface area (Å²) in [6, 6.07) is 21.5. The van der Waals surface area contributed by atoms with E-state index in [9.17, 15) is 19.1 Å². The number of methoxy groups -OCH3 is 2. The first-order valence-electron chi connectivity index (χ1n) is 14.1. The van der Waals surface area contributed by atoms with Crippen molar-refractivity contribution in [2.24, 2.45) is 0 Å². The number of benzene rings is 4. The average molecular weight is 611 g/mol. The largest absolute Gasteiger partial charge is 0.507 e. The molecule has 3 N–H and O–H groups in total. The summed E-state index contributed by atoms with van der Waals surface area (Å²) in [5.41, 5.74) is 0.766. The molecule has 0 radical (unpaired) electrons. The van der Waals surface area contributed by atoms with Gasteiger partial charge in [-0.05, 0) is 60.5 Å². The Morgan fingerprint density at radius 2 is 1.71 bits per heavy atom. The second-order valence-electron chi connectivity index (χ2n) is 10.4. The maximum absolute atomic E-state index is 15.6. The van der Waals surface area contributed by atoms with E-state index in [1.165, 1.54) is 20.3 Å². The SMILES string of the molecule is COc1ccc(C(=O)NCCc2c(C(c3cc(F)ccc3F)c3c(O)c4ccccc4oc3=O)[nH]c3ccccc23)c(OC)c1. The molecule has 1 unspecified atom stereocenters. The third-order valence-electron chi connectivity index (χ3n) is 7.83. The second-order valence-corrected chi connectivity index (χ2v) is 10.4. The van der Waals surface area contributed by atoms with Crippen molar-refractivity contribution >= 4 is 27.8 Å². The number of ether oxygens (including phenoxy) is 2. The number of fused-ring (bicyclic) bond motifs is 2. The van der Waals surface area contributed by atoms with Crippen LogP contribution in [-0.4, -0.2) is 36.8 Å². The Hall–Kier alpha value is -5.64. The number of carbonyl (C=O) groups is 1. The van der Waals surface area contributed by atoms with E-state index in [0.29, 0.717) is 33.8 Å². The van der Waals surface area contributed by atoms with E-state index >= 15 is 4.39 Å². The lowest BCUT2D eigenvalue weighted by Gasteiger charge is -2.21. The van der Waals surface area contributed by atoms with Crippen LogP contribution in [0, 0.1) is 11.6 Å². The first-order valence-corrected chi connectivity index (χ1v) is 14.1. The van der Waals surface area contributed by atoms with Crippen molar-refractivity contribution in [3.05, 3.63) is 135 Å². The Kier molecular flexibility index (Phi) is 7.95. The molecule has 1 atom stereocenters. The summed E-state index contributed by atoms with van der Waals surface area (Å²) in [5.74, 6) is -2.72.